The van der Waals surface area contributed by atoms with Gasteiger partial charge in [-0.25, -0.2) is 9.97 Å². The van der Waals surface area contributed by atoms with Gasteiger partial charge in [0.15, 0.2) is 0 Å². The highest BCUT2D eigenvalue weighted by molar-refractivity contribution is 7.19. The molecule has 0 fully saturated rings. The van der Waals surface area contributed by atoms with Crippen LogP contribution in [0.4, 0.5) is 5.82 Å². The van der Waals surface area contributed by atoms with E-state index in [2.05, 4.69) is 26.4 Å². The molecule has 5 rings (SSSR count). The smallest absolute Gasteiger partial charge is 0.309 e. The van der Waals surface area contributed by atoms with Crippen LogP contribution in [0.25, 0.3) is 10.2 Å². The van der Waals surface area contributed by atoms with Crippen molar-refractivity contribution in [1.82, 2.24) is 9.97 Å². The van der Waals surface area contributed by atoms with Crippen LogP contribution < -0.4 is 5.32 Å². The second kappa shape index (κ2) is 7.68. The number of aromatic nitrogens is 2. The molecule has 8 heteroatoms. The Kier molecular flexibility index (Phi) is 4.86. The number of rotatable bonds is 5. The number of aliphatic imine (C=N–C) groups is 1. The Hall–Kier alpha value is -3.00. The van der Waals surface area contributed by atoms with Gasteiger partial charge in [-0.3, -0.25) is 9.79 Å². The normalized spacial score (nSPS) is 22.0. The zero-order valence-electron chi connectivity index (χ0n) is 16.8. The Morgan fingerprint density at radius 1 is 1.37 bits per heavy atom. The Bertz CT molecular complexity index is 1140. The van der Waals surface area contributed by atoms with Crippen LogP contribution in [-0.2, 0) is 27.1 Å². The predicted molar refractivity (Wildman–Crippen MR) is 117 cm³/mol. The minimum absolute atomic E-state index is 0.0182. The topological polar surface area (TPSA) is 85.7 Å². The van der Waals surface area contributed by atoms with Crippen LogP contribution >= 0.6 is 11.3 Å². The number of hydrogen-bond acceptors (Lipinski definition) is 8. The van der Waals surface area contributed by atoms with Gasteiger partial charge in [0, 0.05) is 11.1 Å². The first kappa shape index (κ1) is 19.0. The summed E-state index contributed by atoms with van der Waals surface area (Å²) in [6, 6.07) is 0.0182. The second-order valence-corrected chi connectivity index (χ2v) is 8.51. The summed E-state index contributed by atoms with van der Waals surface area (Å²) in [7, 11) is 1.66. The SMILES string of the molecule is CCOC(=O)[C@H]1CCc2c(sc3ncnc(NC4=CC5=CC=NC5C=C4OC)c23)C1. The first-order valence-electron chi connectivity index (χ1n) is 10.1. The third-order valence-corrected chi connectivity index (χ3v) is 6.84. The largest absolute Gasteiger partial charge is 0.495 e. The number of ether oxygens (including phenoxy) is 2. The molecule has 2 aromatic heterocycles. The average molecular weight is 423 g/mol. The maximum Gasteiger partial charge on any atom is 0.309 e. The average Bonchev–Trinajstić information content (AvgIpc) is 3.36. The minimum Gasteiger partial charge on any atom is -0.495 e. The molecule has 1 aliphatic heterocycles. The summed E-state index contributed by atoms with van der Waals surface area (Å²) in [4.78, 5) is 27.8. The fourth-order valence-electron chi connectivity index (χ4n) is 4.22. The molecule has 1 unspecified atom stereocenters. The number of hydrogen-bond donors (Lipinski definition) is 1. The van der Waals surface area contributed by atoms with E-state index in [1.165, 1.54) is 10.4 Å². The number of nitrogens with one attached hydrogen (secondary N) is 1. The highest BCUT2D eigenvalue weighted by atomic mass is 32.1. The summed E-state index contributed by atoms with van der Waals surface area (Å²) in [6.07, 6.45) is 11.8. The van der Waals surface area contributed by atoms with Gasteiger partial charge in [0.1, 0.15) is 22.7 Å². The van der Waals surface area contributed by atoms with Gasteiger partial charge in [-0.1, -0.05) is 0 Å². The van der Waals surface area contributed by atoms with Crippen molar-refractivity contribution in [2.45, 2.75) is 32.2 Å². The number of fused-ring (bicyclic) bond motifs is 4. The number of nitrogens with zero attached hydrogens (tertiary/aromatic N) is 3. The lowest BCUT2D eigenvalue weighted by atomic mass is 9.88. The quantitative estimate of drug-likeness (QED) is 0.742. The van der Waals surface area contributed by atoms with E-state index in [-0.39, 0.29) is 17.9 Å². The van der Waals surface area contributed by atoms with Gasteiger partial charge in [-0.2, -0.15) is 0 Å². The van der Waals surface area contributed by atoms with Gasteiger partial charge < -0.3 is 14.8 Å². The van der Waals surface area contributed by atoms with Crippen LogP contribution in [-0.4, -0.2) is 41.9 Å². The minimum atomic E-state index is -0.103. The number of thiophene rings is 1. The maximum absolute atomic E-state index is 12.2. The van der Waals surface area contributed by atoms with Crippen molar-refractivity contribution in [3.8, 4) is 0 Å². The Labute approximate surface area is 178 Å². The monoisotopic (exact) mass is 422 g/mol. The molecule has 0 spiro atoms. The molecule has 0 saturated carbocycles. The third-order valence-electron chi connectivity index (χ3n) is 5.68. The van der Waals surface area contributed by atoms with E-state index in [1.54, 1.807) is 24.8 Å². The molecule has 0 bridgehead atoms. The number of anilines is 1. The van der Waals surface area contributed by atoms with Crippen molar-refractivity contribution >= 4 is 39.6 Å². The van der Waals surface area contributed by atoms with Crippen LogP contribution in [0.5, 0.6) is 0 Å². The molecule has 2 aromatic rings. The van der Waals surface area contributed by atoms with Crippen LogP contribution in [0.15, 0.2) is 46.6 Å². The van der Waals surface area contributed by atoms with E-state index < -0.39 is 0 Å². The fourth-order valence-corrected chi connectivity index (χ4v) is 5.49. The second-order valence-electron chi connectivity index (χ2n) is 7.43. The molecule has 0 saturated heterocycles. The summed E-state index contributed by atoms with van der Waals surface area (Å²) < 4.78 is 10.8. The van der Waals surface area contributed by atoms with Crippen LogP contribution in [0, 0.1) is 5.92 Å². The number of esters is 1. The number of allylic oxidation sites excluding steroid dienone is 1. The molecular formula is C22H22N4O3S. The number of carbonyl (C=O) groups excluding carboxylic acids is 1. The highest BCUT2D eigenvalue weighted by Crippen LogP contribution is 2.41. The summed E-state index contributed by atoms with van der Waals surface area (Å²) in [6.45, 7) is 2.26. The molecule has 3 heterocycles. The molecule has 7 nitrogen and oxygen atoms in total. The Morgan fingerprint density at radius 2 is 2.27 bits per heavy atom. The summed E-state index contributed by atoms with van der Waals surface area (Å²) in [5.74, 6) is 1.33. The fraction of sp³-hybridized carbons (Fsp3) is 0.364. The molecule has 0 amide bonds. The van der Waals surface area contributed by atoms with Crippen molar-refractivity contribution in [3.05, 3.63) is 52.0 Å². The Morgan fingerprint density at radius 3 is 3.10 bits per heavy atom. The lowest BCUT2D eigenvalue weighted by molar-refractivity contribution is -0.148. The van der Waals surface area contributed by atoms with Gasteiger partial charge >= 0.3 is 5.97 Å². The number of methoxy groups -OCH3 is 1. The highest BCUT2D eigenvalue weighted by Gasteiger charge is 2.30. The van der Waals surface area contributed by atoms with Crippen LogP contribution in [0.3, 0.4) is 0 Å². The van der Waals surface area contributed by atoms with Crippen LogP contribution in [0.2, 0.25) is 0 Å². The van der Waals surface area contributed by atoms with E-state index in [0.717, 1.165) is 45.9 Å². The predicted octanol–water partition coefficient (Wildman–Crippen LogP) is 3.58. The molecule has 3 aliphatic rings. The zero-order chi connectivity index (χ0) is 20.7. The van der Waals surface area contributed by atoms with Gasteiger partial charge in [-0.05, 0) is 55.6 Å². The lowest BCUT2D eigenvalue weighted by Gasteiger charge is -2.22. The van der Waals surface area contributed by atoms with Crippen LogP contribution in [0.1, 0.15) is 23.8 Å². The standard InChI is InChI=1S/C22H22N4O3S/c1-3-29-22(27)13-4-5-14-18(9-13)30-21-19(14)20(24-11-25-21)26-16-8-12-6-7-23-15(12)10-17(16)28-2/h6-8,10-11,13,15H,3-5,9H2,1-2H3,(H,24,25,26)/t13-,15?/m0/s1. The lowest BCUT2D eigenvalue weighted by Crippen LogP contribution is -2.23. The Balaban J connectivity index is 1.48. The molecule has 30 heavy (non-hydrogen) atoms. The number of aryl methyl sites for hydroxylation is 1. The van der Waals surface area contributed by atoms with Crippen molar-refractivity contribution in [2.24, 2.45) is 10.9 Å². The van der Waals surface area contributed by atoms with Crippen molar-refractivity contribution < 1.29 is 14.3 Å². The van der Waals surface area contributed by atoms with Gasteiger partial charge in [-0.15, -0.1) is 11.3 Å². The molecule has 0 aromatic carbocycles. The third kappa shape index (κ3) is 3.21. The van der Waals surface area contributed by atoms with E-state index in [1.807, 2.05) is 25.3 Å². The summed E-state index contributed by atoms with van der Waals surface area (Å²) in [5, 5.41) is 4.50. The van der Waals surface area contributed by atoms with Gasteiger partial charge in [0.05, 0.1) is 36.8 Å². The van der Waals surface area contributed by atoms with E-state index in [0.29, 0.717) is 13.0 Å². The molecule has 2 atom stereocenters. The van der Waals surface area contributed by atoms with Gasteiger partial charge in [0.25, 0.3) is 0 Å². The molecule has 0 radical (unpaired) electrons. The van der Waals surface area contributed by atoms with Crippen molar-refractivity contribution in [1.29, 1.82) is 0 Å². The molecule has 2 aliphatic carbocycles. The summed E-state index contributed by atoms with van der Waals surface area (Å²) in [5.41, 5.74) is 3.21. The summed E-state index contributed by atoms with van der Waals surface area (Å²) >= 11 is 1.64. The molecular weight excluding hydrogens is 400 g/mol. The number of carbonyl (C=O) groups is 1. The van der Waals surface area contributed by atoms with E-state index in [9.17, 15) is 4.79 Å². The van der Waals surface area contributed by atoms with Crippen molar-refractivity contribution in [3.63, 3.8) is 0 Å². The van der Waals surface area contributed by atoms with E-state index in [4.69, 9.17) is 9.47 Å². The molecule has 154 valence electrons. The molecule has 1 N–H and O–H groups in total. The first-order valence-corrected chi connectivity index (χ1v) is 10.9. The van der Waals surface area contributed by atoms with E-state index >= 15 is 0 Å². The first-order chi connectivity index (χ1) is 14.7. The van der Waals surface area contributed by atoms with Gasteiger partial charge in [0.2, 0.25) is 0 Å². The zero-order valence-corrected chi connectivity index (χ0v) is 17.7. The van der Waals surface area contributed by atoms with Crippen molar-refractivity contribution in [2.75, 3.05) is 19.0 Å². The maximum atomic E-state index is 12.2.